The van der Waals surface area contributed by atoms with E-state index in [2.05, 4.69) is 45.9 Å². The Kier molecular flexibility index (Phi) is 4.58. The number of aromatic nitrogens is 2. The number of hydrogen-bond acceptors (Lipinski definition) is 5. The zero-order valence-electron chi connectivity index (χ0n) is 12.9. The lowest BCUT2D eigenvalue weighted by Gasteiger charge is -2.29. The number of nitrogens with zero attached hydrogens (tertiary/aromatic N) is 2. The highest BCUT2D eigenvalue weighted by Crippen LogP contribution is 2.31. The molecule has 3 rings (SSSR count). The van der Waals surface area contributed by atoms with Gasteiger partial charge in [-0.1, -0.05) is 13.3 Å². The molecule has 0 radical (unpaired) electrons. The van der Waals surface area contributed by atoms with E-state index in [0.717, 1.165) is 34.4 Å². The summed E-state index contributed by atoms with van der Waals surface area (Å²) in [4.78, 5) is 10.3. The lowest BCUT2D eigenvalue weighted by atomic mass is 9.84. The third kappa shape index (κ3) is 3.28. The molecule has 5 heteroatoms. The summed E-state index contributed by atoms with van der Waals surface area (Å²) in [5, 5.41) is 10.1. The minimum absolute atomic E-state index is 0.556. The van der Waals surface area contributed by atoms with Crippen LogP contribution in [-0.2, 0) is 0 Å². The molecule has 1 aliphatic carbocycles. The number of nitrogens with one attached hydrogen (secondary N) is 2. The van der Waals surface area contributed by atoms with Gasteiger partial charge < -0.3 is 10.6 Å². The van der Waals surface area contributed by atoms with Crippen molar-refractivity contribution in [1.82, 2.24) is 9.97 Å². The van der Waals surface area contributed by atoms with Gasteiger partial charge in [-0.15, -0.1) is 11.3 Å². The summed E-state index contributed by atoms with van der Waals surface area (Å²) < 4.78 is 0. The van der Waals surface area contributed by atoms with Crippen LogP contribution in [0.2, 0.25) is 0 Å². The van der Waals surface area contributed by atoms with Crippen molar-refractivity contribution >= 4 is 33.3 Å². The quantitative estimate of drug-likeness (QED) is 0.853. The largest absolute Gasteiger partial charge is 0.367 e. The topological polar surface area (TPSA) is 49.8 Å². The first kappa shape index (κ1) is 14.6. The van der Waals surface area contributed by atoms with E-state index in [1.54, 1.807) is 11.3 Å². The molecule has 21 heavy (non-hydrogen) atoms. The van der Waals surface area contributed by atoms with Gasteiger partial charge in [-0.25, -0.2) is 4.98 Å². The van der Waals surface area contributed by atoms with Gasteiger partial charge in [0.05, 0.1) is 5.39 Å². The number of anilines is 2. The number of fused-ring (bicyclic) bond motifs is 1. The molecule has 4 nitrogen and oxygen atoms in total. The van der Waals surface area contributed by atoms with Crippen LogP contribution in [0.4, 0.5) is 11.8 Å². The van der Waals surface area contributed by atoms with E-state index in [0.29, 0.717) is 6.04 Å². The van der Waals surface area contributed by atoms with E-state index in [4.69, 9.17) is 0 Å². The Hall–Kier alpha value is -1.36. The van der Waals surface area contributed by atoms with Crippen LogP contribution >= 0.6 is 11.3 Å². The van der Waals surface area contributed by atoms with Crippen LogP contribution in [0.15, 0.2) is 11.4 Å². The lowest BCUT2D eigenvalue weighted by Crippen LogP contribution is -2.26. The Morgan fingerprint density at radius 3 is 2.71 bits per heavy atom. The maximum Gasteiger partial charge on any atom is 0.226 e. The van der Waals surface area contributed by atoms with Gasteiger partial charge in [-0.3, -0.25) is 0 Å². The summed E-state index contributed by atoms with van der Waals surface area (Å²) in [6.07, 6.45) is 6.51. The smallest absolute Gasteiger partial charge is 0.226 e. The van der Waals surface area contributed by atoms with Crippen LogP contribution in [0, 0.1) is 5.92 Å². The molecule has 0 aromatic carbocycles. The van der Waals surface area contributed by atoms with Crippen LogP contribution in [-0.4, -0.2) is 22.6 Å². The van der Waals surface area contributed by atoms with Crippen LogP contribution < -0.4 is 10.6 Å². The molecule has 2 heterocycles. The van der Waals surface area contributed by atoms with Gasteiger partial charge in [0, 0.05) is 12.6 Å². The lowest BCUT2D eigenvalue weighted by molar-refractivity contribution is 0.330. The highest BCUT2D eigenvalue weighted by Gasteiger charge is 2.21. The second-order valence-electron chi connectivity index (χ2n) is 5.84. The van der Waals surface area contributed by atoms with Crippen molar-refractivity contribution in [2.45, 2.75) is 52.0 Å². The average Bonchev–Trinajstić information content (AvgIpc) is 2.97. The molecule has 0 unspecified atom stereocenters. The molecule has 1 saturated carbocycles. The van der Waals surface area contributed by atoms with Crippen molar-refractivity contribution < 1.29 is 0 Å². The fraction of sp³-hybridized carbons (Fsp3) is 0.625. The second-order valence-corrected chi connectivity index (χ2v) is 6.73. The molecule has 0 bridgehead atoms. The van der Waals surface area contributed by atoms with Crippen LogP contribution in [0.3, 0.4) is 0 Å². The van der Waals surface area contributed by atoms with Crippen LogP contribution in [0.5, 0.6) is 0 Å². The van der Waals surface area contributed by atoms with E-state index in [1.807, 2.05) is 0 Å². The predicted octanol–water partition coefficient (Wildman–Crippen LogP) is 4.50. The number of hydrogen-bond donors (Lipinski definition) is 2. The van der Waals surface area contributed by atoms with E-state index >= 15 is 0 Å². The number of thiophene rings is 1. The minimum atomic E-state index is 0.556. The molecule has 2 N–H and O–H groups in total. The molecule has 0 aliphatic heterocycles. The Morgan fingerprint density at radius 2 is 2.00 bits per heavy atom. The normalized spacial score (nSPS) is 22.4. The first-order valence-corrected chi connectivity index (χ1v) is 8.93. The standard InChI is InChI=1S/C16H24N4S/c1-3-11-5-7-12(8-6-11)18-14-13-9-10-21-15(13)20-16(19-14)17-4-2/h9-12H,3-8H2,1-2H3,(H2,17,18,19,20). The molecule has 0 amide bonds. The average molecular weight is 304 g/mol. The number of rotatable bonds is 5. The molecule has 0 saturated heterocycles. The molecule has 114 valence electrons. The van der Waals surface area contributed by atoms with Gasteiger partial charge in [-0.2, -0.15) is 4.98 Å². The monoisotopic (exact) mass is 304 g/mol. The van der Waals surface area contributed by atoms with E-state index < -0.39 is 0 Å². The fourth-order valence-electron chi connectivity index (χ4n) is 3.11. The Labute approximate surface area is 130 Å². The molecule has 0 spiro atoms. The minimum Gasteiger partial charge on any atom is -0.367 e. The third-order valence-electron chi connectivity index (χ3n) is 4.42. The molecule has 1 fully saturated rings. The van der Waals surface area contributed by atoms with Crippen molar-refractivity contribution in [2.24, 2.45) is 5.92 Å². The zero-order chi connectivity index (χ0) is 14.7. The van der Waals surface area contributed by atoms with Crippen LogP contribution in [0.25, 0.3) is 10.2 Å². The summed E-state index contributed by atoms with van der Waals surface area (Å²) >= 11 is 1.68. The van der Waals surface area contributed by atoms with Crippen molar-refractivity contribution in [3.63, 3.8) is 0 Å². The molecule has 1 aliphatic rings. The summed E-state index contributed by atoms with van der Waals surface area (Å²) in [6.45, 7) is 5.22. The molecule has 2 aromatic rings. The fourth-order valence-corrected chi connectivity index (χ4v) is 3.87. The highest BCUT2D eigenvalue weighted by atomic mass is 32.1. The second kappa shape index (κ2) is 6.60. The van der Waals surface area contributed by atoms with Gasteiger partial charge in [0.2, 0.25) is 5.95 Å². The van der Waals surface area contributed by atoms with Gasteiger partial charge in [0.15, 0.2) is 0 Å². The van der Waals surface area contributed by atoms with E-state index in [1.165, 1.54) is 32.1 Å². The Balaban J connectivity index is 1.78. The summed E-state index contributed by atoms with van der Waals surface area (Å²) in [5.74, 6) is 2.65. The van der Waals surface area contributed by atoms with E-state index in [9.17, 15) is 0 Å². The van der Waals surface area contributed by atoms with Gasteiger partial charge in [-0.05, 0) is 50.0 Å². The van der Waals surface area contributed by atoms with E-state index in [-0.39, 0.29) is 0 Å². The van der Waals surface area contributed by atoms with Gasteiger partial charge in [0.25, 0.3) is 0 Å². The van der Waals surface area contributed by atoms with Crippen molar-refractivity contribution in [3.8, 4) is 0 Å². The predicted molar refractivity (Wildman–Crippen MR) is 91.2 cm³/mol. The Morgan fingerprint density at radius 1 is 1.19 bits per heavy atom. The molecule has 0 atom stereocenters. The first-order chi connectivity index (χ1) is 10.3. The molecule has 2 aromatic heterocycles. The summed E-state index contributed by atoms with van der Waals surface area (Å²) in [6, 6.07) is 2.68. The Bertz CT molecular complexity index is 587. The van der Waals surface area contributed by atoms with Crippen molar-refractivity contribution in [2.75, 3.05) is 17.2 Å². The molecular weight excluding hydrogens is 280 g/mol. The maximum absolute atomic E-state index is 4.67. The van der Waals surface area contributed by atoms with Gasteiger partial charge >= 0.3 is 0 Å². The SMILES string of the molecule is CCNc1nc(NC2CCC(CC)CC2)c2ccsc2n1. The molecular formula is C16H24N4S. The summed E-state index contributed by atoms with van der Waals surface area (Å²) in [5.41, 5.74) is 0. The summed E-state index contributed by atoms with van der Waals surface area (Å²) in [7, 11) is 0. The van der Waals surface area contributed by atoms with Crippen molar-refractivity contribution in [3.05, 3.63) is 11.4 Å². The zero-order valence-corrected chi connectivity index (χ0v) is 13.7. The highest BCUT2D eigenvalue weighted by molar-refractivity contribution is 7.16. The third-order valence-corrected chi connectivity index (χ3v) is 5.23. The maximum atomic E-state index is 4.67. The van der Waals surface area contributed by atoms with Crippen molar-refractivity contribution in [1.29, 1.82) is 0 Å². The van der Waals surface area contributed by atoms with Crippen LogP contribution in [0.1, 0.15) is 46.0 Å². The van der Waals surface area contributed by atoms with Gasteiger partial charge in [0.1, 0.15) is 10.6 Å². The first-order valence-electron chi connectivity index (χ1n) is 8.05.